The van der Waals surface area contributed by atoms with Gasteiger partial charge in [-0.2, -0.15) is 10.1 Å². The summed E-state index contributed by atoms with van der Waals surface area (Å²) in [5.74, 6) is 0.741. The van der Waals surface area contributed by atoms with Gasteiger partial charge in [0, 0.05) is 18.3 Å². The maximum atomic E-state index is 6.22. The molecule has 7 heteroatoms. The molecule has 0 aliphatic carbocycles. The summed E-state index contributed by atoms with van der Waals surface area (Å²) in [6.45, 7) is 1.95. The average molecular weight is 263 g/mol. The van der Waals surface area contributed by atoms with E-state index in [1.54, 1.807) is 10.9 Å². The van der Waals surface area contributed by atoms with Crippen molar-refractivity contribution in [1.82, 2.24) is 19.7 Å². The fraction of sp³-hybridized carbons (Fsp3) is 0.417. The van der Waals surface area contributed by atoms with Gasteiger partial charge in [-0.15, -0.1) is 0 Å². The van der Waals surface area contributed by atoms with E-state index >= 15 is 0 Å². The predicted octanol–water partition coefficient (Wildman–Crippen LogP) is 0.584. The Hall–Kier alpha value is -2.15. The van der Waals surface area contributed by atoms with E-state index in [2.05, 4.69) is 15.1 Å². The van der Waals surface area contributed by atoms with Gasteiger partial charge in [0.25, 0.3) is 0 Å². The van der Waals surface area contributed by atoms with Gasteiger partial charge in [-0.25, -0.2) is 4.98 Å². The minimum Gasteiger partial charge on any atom is -0.480 e. The fourth-order valence-electron chi connectivity index (χ4n) is 1.80. The van der Waals surface area contributed by atoms with E-state index in [-0.39, 0.29) is 0 Å². The summed E-state index contributed by atoms with van der Waals surface area (Å²) in [6, 6.07) is -0.443. The molecule has 102 valence electrons. The Bertz CT molecular complexity index is 581. The molecule has 2 aromatic heterocycles. The smallest absolute Gasteiger partial charge is 0.240 e. The van der Waals surface area contributed by atoms with Crippen LogP contribution in [-0.4, -0.2) is 34.0 Å². The van der Waals surface area contributed by atoms with Crippen molar-refractivity contribution >= 4 is 0 Å². The van der Waals surface area contributed by atoms with Crippen molar-refractivity contribution in [2.45, 2.75) is 13.0 Å². The van der Waals surface area contributed by atoms with Gasteiger partial charge < -0.3 is 15.2 Å². The van der Waals surface area contributed by atoms with E-state index in [1.807, 2.05) is 14.0 Å². The lowest BCUT2D eigenvalue weighted by Gasteiger charge is -2.14. The van der Waals surface area contributed by atoms with Crippen molar-refractivity contribution in [3.05, 3.63) is 29.3 Å². The Morgan fingerprint density at radius 3 is 2.53 bits per heavy atom. The normalized spacial score (nSPS) is 12.3. The van der Waals surface area contributed by atoms with Crippen molar-refractivity contribution in [3.63, 3.8) is 0 Å². The third-order valence-corrected chi connectivity index (χ3v) is 3.05. The van der Waals surface area contributed by atoms with Crippen LogP contribution in [0.2, 0.25) is 0 Å². The molecule has 0 fully saturated rings. The van der Waals surface area contributed by atoms with Gasteiger partial charge in [0.2, 0.25) is 11.8 Å². The second-order valence-electron chi connectivity index (χ2n) is 4.09. The van der Waals surface area contributed by atoms with Crippen molar-refractivity contribution in [1.29, 1.82) is 0 Å². The number of nitrogens with two attached hydrogens (primary N) is 1. The van der Waals surface area contributed by atoms with Crippen molar-refractivity contribution < 1.29 is 9.47 Å². The number of rotatable bonds is 4. The summed E-state index contributed by atoms with van der Waals surface area (Å²) in [5, 5.41) is 4.17. The van der Waals surface area contributed by atoms with Gasteiger partial charge in [0.05, 0.1) is 32.7 Å². The van der Waals surface area contributed by atoms with Gasteiger partial charge >= 0.3 is 0 Å². The number of hydrogen-bond donors (Lipinski definition) is 1. The van der Waals surface area contributed by atoms with Crippen molar-refractivity contribution in [3.8, 4) is 11.8 Å². The summed E-state index contributed by atoms with van der Waals surface area (Å²) in [6.07, 6.45) is 3.24. The average Bonchev–Trinajstić information content (AvgIpc) is 2.77. The third-order valence-electron chi connectivity index (χ3n) is 3.05. The number of methoxy groups -OCH3 is 2. The van der Waals surface area contributed by atoms with E-state index in [1.165, 1.54) is 20.4 Å². The Morgan fingerprint density at radius 2 is 2.00 bits per heavy atom. The first-order chi connectivity index (χ1) is 9.08. The SMILES string of the molecule is COc1cnc(C(N)c2cnn(C)c2C)c(OC)n1. The van der Waals surface area contributed by atoms with E-state index < -0.39 is 6.04 Å². The molecule has 0 saturated carbocycles. The molecule has 7 nitrogen and oxygen atoms in total. The van der Waals surface area contributed by atoms with Crippen LogP contribution in [-0.2, 0) is 7.05 Å². The van der Waals surface area contributed by atoms with Gasteiger partial charge in [0.15, 0.2) is 0 Å². The predicted molar refractivity (Wildman–Crippen MR) is 69.1 cm³/mol. The van der Waals surface area contributed by atoms with E-state index in [4.69, 9.17) is 15.2 Å². The molecule has 0 amide bonds. The summed E-state index contributed by atoms with van der Waals surface area (Å²) in [5.41, 5.74) is 8.64. The maximum Gasteiger partial charge on any atom is 0.240 e. The standard InChI is InChI=1S/C12H17N5O2/c1-7-8(5-15-17(7)2)10(13)11-12(19-4)16-9(18-3)6-14-11/h5-6,10H,13H2,1-4H3. The summed E-state index contributed by atoms with van der Waals surface area (Å²) in [4.78, 5) is 8.45. The highest BCUT2D eigenvalue weighted by molar-refractivity contribution is 5.34. The zero-order valence-corrected chi connectivity index (χ0v) is 11.4. The number of nitrogens with zero attached hydrogens (tertiary/aromatic N) is 4. The van der Waals surface area contributed by atoms with Crippen LogP contribution in [0.15, 0.2) is 12.4 Å². The topological polar surface area (TPSA) is 88.1 Å². The molecule has 0 spiro atoms. The molecule has 0 aliphatic heterocycles. The highest BCUT2D eigenvalue weighted by Crippen LogP contribution is 2.27. The van der Waals surface area contributed by atoms with Gasteiger partial charge in [-0.05, 0) is 6.92 Å². The second kappa shape index (κ2) is 5.23. The summed E-state index contributed by atoms with van der Waals surface area (Å²) < 4.78 is 12.0. The number of ether oxygens (including phenoxy) is 2. The Labute approximate surface area is 111 Å². The zero-order valence-electron chi connectivity index (χ0n) is 11.4. The molecule has 2 rings (SSSR count). The lowest BCUT2D eigenvalue weighted by molar-refractivity contribution is 0.355. The molecule has 0 saturated heterocycles. The molecule has 2 aromatic rings. The Balaban J connectivity index is 2.43. The third kappa shape index (κ3) is 2.37. The molecule has 0 aliphatic rings. The number of hydrogen-bond acceptors (Lipinski definition) is 6. The lowest BCUT2D eigenvalue weighted by atomic mass is 10.1. The number of aryl methyl sites for hydroxylation is 1. The van der Waals surface area contributed by atoms with Gasteiger partial charge in [0.1, 0.15) is 5.69 Å². The lowest BCUT2D eigenvalue weighted by Crippen LogP contribution is -2.16. The van der Waals surface area contributed by atoms with Gasteiger partial charge in [-0.3, -0.25) is 4.68 Å². The highest BCUT2D eigenvalue weighted by Gasteiger charge is 2.21. The quantitative estimate of drug-likeness (QED) is 0.868. The van der Waals surface area contributed by atoms with Crippen LogP contribution in [0.25, 0.3) is 0 Å². The van der Waals surface area contributed by atoms with Crippen LogP contribution in [0.1, 0.15) is 23.0 Å². The summed E-state index contributed by atoms with van der Waals surface area (Å²) >= 11 is 0. The molecule has 0 radical (unpaired) electrons. The van der Waals surface area contributed by atoms with Crippen molar-refractivity contribution in [2.24, 2.45) is 12.8 Å². The maximum absolute atomic E-state index is 6.22. The van der Waals surface area contributed by atoms with Crippen LogP contribution in [0.5, 0.6) is 11.8 Å². The van der Waals surface area contributed by atoms with Crippen LogP contribution in [0, 0.1) is 6.92 Å². The van der Waals surface area contributed by atoms with Crippen LogP contribution < -0.4 is 15.2 Å². The molecular formula is C12H17N5O2. The molecule has 1 unspecified atom stereocenters. The first-order valence-corrected chi connectivity index (χ1v) is 5.77. The molecule has 19 heavy (non-hydrogen) atoms. The van der Waals surface area contributed by atoms with Crippen molar-refractivity contribution in [2.75, 3.05) is 14.2 Å². The first kappa shape index (κ1) is 13.3. The van der Waals surface area contributed by atoms with Crippen LogP contribution in [0.4, 0.5) is 0 Å². The minimum absolute atomic E-state index is 0.357. The Morgan fingerprint density at radius 1 is 1.26 bits per heavy atom. The Kier molecular flexibility index (Phi) is 3.66. The molecule has 2 N–H and O–H groups in total. The second-order valence-corrected chi connectivity index (χ2v) is 4.09. The van der Waals surface area contributed by atoms with Crippen LogP contribution >= 0.6 is 0 Å². The number of aromatic nitrogens is 4. The minimum atomic E-state index is -0.443. The van der Waals surface area contributed by atoms with E-state index in [0.29, 0.717) is 17.5 Å². The molecule has 0 aromatic carbocycles. The highest BCUT2D eigenvalue weighted by atomic mass is 16.5. The van der Waals surface area contributed by atoms with E-state index in [9.17, 15) is 0 Å². The largest absolute Gasteiger partial charge is 0.480 e. The zero-order chi connectivity index (χ0) is 14.0. The molecular weight excluding hydrogens is 246 g/mol. The van der Waals surface area contributed by atoms with E-state index in [0.717, 1.165) is 11.3 Å². The molecule has 2 heterocycles. The monoisotopic (exact) mass is 263 g/mol. The van der Waals surface area contributed by atoms with Gasteiger partial charge in [-0.1, -0.05) is 0 Å². The molecule has 0 bridgehead atoms. The summed E-state index contributed by atoms with van der Waals surface area (Å²) in [7, 11) is 4.91. The first-order valence-electron chi connectivity index (χ1n) is 5.77. The fourth-order valence-corrected chi connectivity index (χ4v) is 1.80. The van der Waals surface area contributed by atoms with Crippen LogP contribution in [0.3, 0.4) is 0 Å². The molecule has 1 atom stereocenters.